The van der Waals surface area contributed by atoms with Gasteiger partial charge >= 0.3 is 0 Å². The predicted molar refractivity (Wildman–Crippen MR) is 49.1 cm³/mol. The van der Waals surface area contributed by atoms with Gasteiger partial charge in [-0.15, -0.1) is 0 Å². The third-order valence-electron chi connectivity index (χ3n) is 2.68. The minimum Gasteiger partial charge on any atom is -0.385 e. The van der Waals surface area contributed by atoms with Gasteiger partial charge in [-0.1, -0.05) is 11.6 Å². The van der Waals surface area contributed by atoms with Crippen LogP contribution in [-0.4, -0.2) is 5.11 Å². The Morgan fingerprint density at radius 3 is 2.43 bits per heavy atom. The van der Waals surface area contributed by atoms with Crippen LogP contribution < -0.4 is 0 Å². The van der Waals surface area contributed by atoms with Gasteiger partial charge in [0.05, 0.1) is 10.6 Å². The zero-order chi connectivity index (χ0) is 10.3. The van der Waals surface area contributed by atoms with Crippen molar-refractivity contribution in [3.8, 4) is 0 Å². The van der Waals surface area contributed by atoms with Gasteiger partial charge in [-0.3, -0.25) is 0 Å². The third kappa shape index (κ3) is 1.41. The van der Waals surface area contributed by atoms with Crippen molar-refractivity contribution in [3.63, 3.8) is 0 Å². The molecule has 1 saturated carbocycles. The molecular weight excluding hydrogens is 210 g/mol. The van der Waals surface area contributed by atoms with Crippen LogP contribution in [0.4, 0.5) is 8.78 Å². The van der Waals surface area contributed by atoms with E-state index in [0.29, 0.717) is 18.9 Å². The first-order valence-corrected chi connectivity index (χ1v) is 4.78. The second-order valence-corrected chi connectivity index (χ2v) is 4.01. The average molecular weight is 219 g/mol. The van der Waals surface area contributed by atoms with Gasteiger partial charge in [0.1, 0.15) is 11.6 Å². The van der Waals surface area contributed by atoms with Crippen molar-refractivity contribution in [3.05, 3.63) is 34.4 Å². The molecule has 1 fully saturated rings. The first kappa shape index (κ1) is 9.87. The van der Waals surface area contributed by atoms with Gasteiger partial charge in [-0.2, -0.15) is 0 Å². The van der Waals surface area contributed by atoms with Crippen LogP contribution in [0.5, 0.6) is 0 Å². The Morgan fingerprint density at radius 1 is 1.29 bits per heavy atom. The smallest absolute Gasteiger partial charge is 0.145 e. The Hall–Kier alpha value is -0.670. The van der Waals surface area contributed by atoms with Crippen molar-refractivity contribution in [1.82, 2.24) is 0 Å². The summed E-state index contributed by atoms with van der Waals surface area (Å²) < 4.78 is 25.9. The fraction of sp³-hybridized carbons (Fsp3) is 0.400. The lowest BCUT2D eigenvalue weighted by Gasteiger charge is -2.37. The van der Waals surface area contributed by atoms with Gasteiger partial charge in [-0.25, -0.2) is 8.78 Å². The molecule has 0 radical (unpaired) electrons. The van der Waals surface area contributed by atoms with E-state index in [-0.39, 0.29) is 10.6 Å². The SMILES string of the molecule is OC1(c2cc(F)cc(F)c2Cl)CCC1. The average Bonchev–Trinajstić information content (AvgIpc) is 2.07. The van der Waals surface area contributed by atoms with Crippen molar-refractivity contribution in [2.45, 2.75) is 24.9 Å². The maximum absolute atomic E-state index is 13.0. The van der Waals surface area contributed by atoms with Crippen LogP contribution >= 0.6 is 11.6 Å². The summed E-state index contributed by atoms with van der Waals surface area (Å²) in [6, 6.07) is 1.82. The maximum Gasteiger partial charge on any atom is 0.145 e. The Morgan fingerprint density at radius 2 is 1.93 bits per heavy atom. The molecule has 1 N–H and O–H groups in total. The zero-order valence-electron chi connectivity index (χ0n) is 7.36. The summed E-state index contributed by atoms with van der Waals surface area (Å²) >= 11 is 5.66. The van der Waals surface area contributed by atoms with E-state index in [0.717, 1.165) is 12.5 Å². The van der Waals surface area contributed by atoms with E-state index in [9.17, 15) is 13.9 Å². The Kier molecular flexibility index (Phi) is 2.24. The number of benzene rings is 1. The van der Waals surface area contributed by atoms with Crippen molar-refractivity contribution in [1.29, 1.82) is 0 Å². The highest BCUT2D eigenvalue weighted by atomic mass is 35.5. The van der Waals surface area contributed by atoms with Crippen LogP contribution in [-0.2, 0) is 5.60 Å². The maximum atomic E-state index is 13.0. The summed E-state index contributed by atoms with van der Waals surface area (Å²) in [6.07, 6.45) is 1.87. The van der Waals surface area contributed by atoms with Gasteiger partial charge in [0, 0.05) is 11.6 Å². The minimum atomic E-state index is -1.12. The standard InChI is InChI=1S/C10H9ClF2O/c11-9-7(10(14)2-1-3-10)4-6(12)5-8(9)13/h4-5,14H,1-3H2. The second-order valence-electron chi connectivity index (χ2n) is 3.63. The van der Waals surface area contributed by atoms with E-state index >= 15 is 0 Å². The van der Waals surface area contributed by atoms with Crippen LogP contribution in [0.1, 0.15) is 24.8 Å². The van der Waals surface area contributed by atoms with Gasteiger partial charge in [0.25, 0.3) is 0 Å². The summed E-state index contributed by atoms with van der Waals surface area (Å²) in [5.41, 5.74) is -0.956. The van der Waals surface area contributed by atoms with E-state index in [1.807, 2.05) is 0 Å². The molecule has 1 aromatic carbocycles. The largest absolute Gasteiger partial charge is 0.385 e. The molecule has 0 unspecified atom stereocenters. The normalized spacial score (nSPS) is 19.1. The summed E-state index contributed by atoms with van der Waals surface area (Å²) in [5.74, 6) is -1.52. The summed E-state index contributed by atoms with van der Waals surface area (Å²) in [7, 11) is 0. The molecule has 1 aromatic rings. The topological polar surface area (TPSA) is 20.2 Å². The molecule has 0 amide bonds. The molecule has 1 aliphatic carbocycles. The van der Waals surface area contributed by atoms with E-state index in [2.05, 4.69) is 0 Å². The molecule has 0 bridgehead atoms. The molecule has 0 heterocycles. The molecular formula is C10H9ClF2O. The van der Waals surface area contributed by atoms with Crippen LogP contribution in [0.3, 0.4) is 0 Å². The lowest BCUT2D eigenvalue weighted by molar-refractivity contribution is -0.0391. The number of aliphatic hydroxyl groups is 1. The number of hydrogen-bond donors (Lipinski definition) is 1. The van der Waals surface area contributed by atoms with E-state index in [1.54, 1.807) is 0 Å². The Labute approximate surface area is 85.3 Å². The van der Waals surface area contributed by atoms with Crippen LogP contribution in [0, 0.1) is 11.6 Å². The van der Waals surface area contributed by atoms with Crippen molar-refractivity contribution in [2.24, 2.45) is 0 Å². The molecule has 14 heavy (non-hydrogen) atoms. The monoisotopic (exact) mass is 218 g/mol. The number of rotatable bonds is 1. The van der Waals surface area contributed by atoms with Crippen molar-refractivity contribution in [2.75, 3.05) is 0 Å². The molecule has 0 aromatic heterocycles. The third-order valence-corrected chi connectivity index (χ3v) is 3.06. The molecule has 2 rings (SSSR count). The van der Waals surface area contributed by atoms with E-state index < -0.39 is 17.2 Å². The quantitative estimate of drug-likeness (QED) is 0.719. The lowest BCUT2D eigenvalue weighted by Crippen LogP contribution is -2.34. The fourth-order valence-corrected chi connectivity index (χ4v) is 1.96. The van der Waals surface area contributed by atoms with Gasteiger partial charge in [-0.05, 0) is 25.3 Å². The summed E-state index contributed by atoms with van der Waals surface area (Å²) in [5, 5.41) is 9.72. The molecule has 1 nitrogen and oxygen atoms in total. The lowest BCUT2D eigenvalue weighted by atomic mass is 9.75. The molecule has 0 atom stereocenters. The van der Waals surface area contributed by atoms with Gasteiger partial charge in [0.15, 0.2) is 0 Å². The highest BCUT2D eigenvalue weighted by molar-refractivity contribution is 6.31. The fourth-order valence-electron chi connectivity index (χ4n) is 1.68. The first-order valence-electron chi connectivity index (χ1n) is 4.40. The van der Waals surface area contributed by atoms with E-state index in [4.69, 9.17) is 11.6 Å². The molecule has 0 aliphatic heterocycles. The Balaban J connectivity index is 2.51. The zero-order valence-corrected chi connectivity index (χ0v) is 8.11. The minimum absolute atomic E-state index is 0.169. The molecule has 1 aliphatic rings. The molecule has 76 valence electrons. The van der Waals surface area contributed by atoms with Gasteiger partial charge in [0.2, 0.25) is 0 Å². The van der Waals surface area contributed by atoms with Gasteiger partial charge < -0.3 is 5.11 Å². The highest BCUT2D eigenvalue weighted by Gasteiger charge is 2.38. The predicted octanol–water partition coefficient (Wildman–Crippen LogP) is 2.99. The van der Waals surface area contributed by atoms with Crippen LogP contribution in [0.2, 0.25) is 5.02 Å². The summed E-state index contributed by atoms with van der Waals surface area (Å²) in [6.45, 7) is 0. The molecule has 0 spiro atoms. The number of hydrogen-bond acceptors (Lipinski definition) is 1. The molecule has 0 saturated heterocycles. The Bertz CT molecular complexity index is 375. The summed E-state index contributed by atoms with van der Waals surface area (Å²) in [4.78, 5) is 0. The van der Waals surface area contributed by atoms with Crippen LogP contribution in [0.25, 0.3) is 0 Å². The van der Waals surface area contributed by atoms with Crippen LogP contribution in [0.15, 0.2) is 12.1 Å². The van der Waals surface area contributed by atoms with Crippen molar-refractivity contribution >= 4 is 11.6 Å². The van der Waals surface area contributed by atoms with Crippen molar-refractivity contribution < 1.29 is 13.9 Å². The first-order chi connectivity index (χ1) is 6.53. The van der Waals surface area contributed by atoms with E-state index in [1.165, 1.54) is 0 Å². The second kappa shape index (κ2) is 3.17. The molecule has 4 heteroatoms. The highest BCUT2D eigenvalue weighted by Crippen LogP contribution is 2.44. The number of halogens is 3.